The predicted octanol–water partition coefficient (Wildman–Crippen LogP) is 2.81. The number of rotatable bonds is 0. The molecule has 4 heteroatoms. The van der Waals surface area contributed by atoms with Crippen LogP contribution < -0.4 is 5.56 Å². The number of H-pyrrole nitrogens is 1. The molecule has 0 bridgehead atoms. The highest BCUT2D eigenvalue weighted by atomic mass is 35.5. The number of hydrogen-bond acceptors (Lipinski definition) is 2. The molecule has 0 aliphatic rings. The summed E-state index contributed by atoms with van der Waals surface area (Å²) in [5.74, 6) is 0. The first-order chi connectivity index (χ1) is 7.75. The fraction of sp³-hybridized carbons (Fsp3) is 0.0769. The van der Waals surface area contributed by atoms with Crippen LogP contribution in [0.3, 0.4) is 0 Å². The Morgan fingerprint density at radius 2 is 1.76 bits per heavy atom. The summed E-state index contributed by atoms with van der Waals surface area (Å²) in [5, 5.41) is 2.68. The molecule has 0 saturated carbocycles. The van der Waals surface area contributed by atoms with Gasteiger partial charge in [0.25, 0.3) is 5.56 Å². The van der Waals surface area contributed by atoms with Crippen molar-refractivity contribution in [2.75, 3.05) is 0 Å². The fourth-order valence-corrected chi connectivity index (χ4v) is 1.98. The number of halogens is 1. The van der Waals surface area contributed by atoms with Crippen LogP contribution in [0.5, 0.6) is 0 Å². The van der Waals surface area contributed by atoms with Crippen molar-refractivity contribution in [1.29, 1.82) is 0 Å². The maximum absolute atomic E-state index is 11.6. The van der Waals surface area contributed by atoms with Gasteiger partial charge in [0.2, 0.25) is 0 Å². The molecule has 1 N–H and O–H groups in total. The largest absolute Gasteiger partial charge is 0.329 e. The second-order valence-electron chi connectivity index (χ2n) is 3.85. The number of benzene rings is 1. The third kappa shape index (κ3) is 1.78. The van der Waals surface area contributed by atoms with Crippen LogP contribution in [0.4, 0.5) is 0 Å². The Balaban J connectivity index is 0.00000108. The molecule has 0 saturated heterocycles. The summed E-state index contributed by atoms with van der Waals surface area (Å²) in [5.41, 5.74) is 1.86. The number of aryl methyl sites for hydroxylation is 1. The van der Waals surface area contributed by atoms with E-state index < -0.39 is 0 Å². The standard InChI is InChI=1S/C13H10N2O.ClH/c1-8-2-3-10-9-6-7-14-13(16)11(9)4-5-12(10)15-8;/h2-7H,1H3,(H,14,16);1H. The lowest BCUT2D eigenvalue weighted by atomic mass is 10.1. The molecule has 0 radical (unpaired) electrons. The molecule has 3 nitrogen and oxygen atoms in total. The topological polar surface area (TPSA) is 45.8 Å². The molecular formula is C13H11ClN2O. The zero-order valence-corrected chi connectivity index (χ0v) is 10.0. The Kier molecular flexibility index (Phi) is 2.86. The Bertz CT molecular complexity index is 749. The van der Waals surface area contributed by atoms with E-state index in [1.54, 1.807) is 6.20 Å². The minimum Gasteiger partial charge on any atom is -0.329 e. The molecule has 1 aromatic carbocycles. The van der Waals surface area contributed by atoms with Gasteiger partial charge in [0, 0.05) is 22.7 Å². The Morgan fingerprint density at radius 1 is 1.00 bits per heavy atom. The van der Waals surface area contributed by atoms with Crippen molar-refractivity contribution in [1.82, 2.24) is 9.97 Å². The van der Waals surface area contributed by atoms with Gasteiger partial charge < -0.3 is 4.98 Å². The highest BCUT2D eigenvalue weighted by molar-refractivity contribution is 6.05. The van der Waals surface area contributed by atoms with E-state index >= 15 is 0 Å². The zero-order valence-electron chi connectivity index (χ0n) is 9.23. The van der Waals surface area contributed by atoms with Crippen molar-refractivity contribution in [3.05, 3.63) is 52.6 Å². The smallest absolute Gasteiger partial charge is 0.255 e. The van der Waals surface area contributed by atoms with Gasteiger partial charge in [-0.15, -0.1) is 12.4 Å². The molecule has 3 aromatic rings. The second kappa shape index (κ2) is 4.18. The van der Waals surface area contributed by atoms with Crippen LogP contribution >= 0.6 is 12.4 Å². The minimum atomic E-state index is -0.0556. The SMILES string of the molecule is Cc1ccc2c(ccc3c(=O)[nH]ccc32)n1.Cl. The van der Waals surface area contributed by atoms with Crippen molar-refractivity contribution in [2.45, 2.75) is 6.92 Å². The highest BCUT2D eigenvalue weighted by Crippen LogP contribution is 2.21. The summed E-state index contributed by atoms with van der Waals surface area (Å²) in [7, 11) is 0. The van der Waals surface area contributed by atoms with Crippen molar-refractivity contribution in [2.24, 2.45) is 0 Å². The Labute approximate surface area is 104 Å². The van der Waals surface area contributed by atoms with E-state index in [4.69, 9.17) is 0 Å². The van der Waals surface area contributed by atoms with Gasteiger partial charge in [-0.05, 0) is 36.6 Å². The van der Waals surface area contributed by atoms with Crippen LogP contribution in [0, 0.1) is 6.92 Å². The number of aromatic amines is 1. The van der Waals surface area contributed by atoms with Crippen LogP contribution in [-0.2, 0) is 0 Å². The first kappa shape index (κ1) is 11.6. The first-order valence-corrected chi connectivity index (χ1v) is 5.13. The van der Waals surface area contributed by atoms with Crippen molar-refractivity contribution in [3.63, 3.8) is 0 Å². The summed E-state index contributed by atoms with van der Waals surface area (Å²) in [6, 6.07) is 9.60. The average molecular weight is 247 g/mol. The molecule has 0 aliphatic heterocycles. The summed E-state index contributed by atoms with van der Waals surface area (Å²) >= 11 is 0. The van der Waals surface area contributed by atoms with E-state index in [2.05, 4.69) is 9.97 Å². The number of aromatic nitrogens is 2. The van der Waals surface area contributed by atoms with Gasteiger partial charge in [0.05, 0.1) is 5.52 Å². The van der Waals surface area contributed by atoms with Crippen molar-refractivity contribution >= 4 is 34.1 Å². The van der Waals surface area contributed by atoms with Gasteiger partial charge in [-0.25, -0.2) is 0 Å². The number of nitrogens with one attached hydrogen (secondary N) is 1. The van der Waals surface area contributed by atoms with E-state index in [9.17, 15) is 4.79 Å². The summed E-state index contributed by atoms with van der Waals surface area (Å²) < 4.78 is 0. The lowest BCUT2D eigenvalue weighted by Crippen LogP contribution is -2.04. The molecule has 2 aromatic heterocycles. The Hall–Kier alpha value is -1.87. The van der Waals surface area contributed by atoms with Gasteiger partial charge in [-0.3, -0.25) is 9.78 Å². The van der Waals surface area contributed by atoms with Crippen LogP contribution in [0.2, 0.25) is 0 Å². The first-order valence-electron chi connectivity index (χ1n) is 5.13. The van der Waals surface area contributed by atoms with E-state index in [0.717, 1.165) is 22.0 Å². The number of fused-ring (bicyclic) bond motifs is 3. The molecule has 0 unspecified atom stereocenters. The molecule has 0 amide bonds. The normalized spacial score (nSPS) is 10.4. The van der Waals surface area contributed by atoms with Gasteiger partial charge in [0.1, 0.15) is 0 Å². The van der Waals surface area contributed by atoms with Crippen LogP contribution in [0.25, 0.3) is 21.7 Å². The minimum absolute atomic E-state index is 0. The van der Waals surface area contributed by atoms with Gasteiger partial charge in [-0.1, -0.05) is 6.07 Å². The van der Waals surface area contributed by atoms with E-state index in [0.29, 0.717) is 5.39 Å². The molecule has 17 heavy (non-hydrogen) atoms. The lowest BCUT2D eigenvalue weighted by molar-refractivity contribution is 1.25. The number of pyridine rings is 2. The van der Waals surface area contributed by atoms with Crippen molar-refractivity contribution < 1.29 is 0 Å². The molecule has 86 valence electrons. The number of nitrogens with zero attached hydrogens (tertiary/aromatic N) is 1. The lowest BCUT2D eigenvalue weighted by Gasteiger charge is -2.02. The highest BCUT2D eigenvalue weighted by Gasteiger charge is 2.03. The van der Waals surface area contributed by atoms with E-state index in [-0.39, 0.29) is 18.0 Å². The van der Waals surface area contributed by atoms with Gasteiger partial charge >= 0.3 is 0 Å². The summed E-state index contributed by atoms with van der Waals surface area (Å²) in [6.07, 6.45) is 1.67. The molecule has 3 rings (SSSR count). The molecule has 0 atom stereocenters. The quantitative estimate of drug-likeness (QED) is 0.620. The predicted molar refractivity (Wildman–Crippen MR) is 71.9 cm³/mol. The molecule has 2 heterocycles. The Morgan fingerprint density at radius 3 is 2.59 bits per heavy atom. The maximum atomic E-state index is 11.6. The zero-order chi connectivity index (χ0) is 11.1. The third-order valence-electron chi connectivity index (χ3n) is 2.76. The van der Waals surface area contributed by atoms with Crippen LogP contribution in [0.15, 0.2) is 41.3 Å². The van der Waals surface area contributed by atoms with Crippen LogP contribution in [0.1, 0.15) is 5.69 Å². The average Bonchev–Trinajstić information content (AvgIpc) is 2.28. The van der Waals surface area contributed by atoms with E-state index in [1.165, 1.54) is 0 Å². The summed E-state index contributed by atoms with van der Waals surface area (Å²) in [4.78, 5) is 18.7. The molecule has 0 aliphatic carbocycles. The monoisotopic (exact) mass is 246 g/mol. The third-order valence-corrected chi connectivity index (χ3v) is 2.76. The second-order valence-corrected chi connectivity index (χ2v) is 3.85. The fourth-order valence-electron chi connectivity index (χ4n) is 1.98. The van der Waals surface area contributed by atoms with E-state index in [1.807, 2.05) is 37.3 Å². The van der Waals surface area contributed by atoms with Gasteiger partial charge in [0.15, 0.2) is 0 Å². The molecule has 0 fully saturated rings. The maximum Gasteiger partial charge on any atom is 0.255 e. The number of hydrogen-bond donors (Lipinski definition) is 1. The van der Waals surface area contributed by atoms with Crippen LogP contribution in [-0.4, -0.2) is 9.97 Å². The summed E-state index contributed by atoms with van der Waals surface area (Å²) in [6.45, 7) is 1.96. The molecular weight excluding hydrogens is 236 g/mol. The molecule has 0 spiro atoms. The van der Waals surface area contributed by atoms with Gasteiger partial charge in [-0.2, -0.15) is 0 Å². The van der Waals surface area contributed by atoms with Crippen molar-refractivity contribution in [3.8, 4) is 0 Å².